The lowest BCUT2D eigenvalue weighted by atomic mass is 9.85. The zero-order valence-electron chi connectivity index (χ0n) is 10.9. The molecule has 0 amide bonds. The van der Waals surface area contributed by atoms with E-state index in [0.29, 0.717) is 12.0 Å². The molecule has 5 heteroatoms. The monoisotopic (exact) mass is 352 g/mol. The van der Waals surface area contributed by atoms with Crippen molar-refractivity contribution >= 4 is 29.9 Å². The van der Waals surface area contributed by atoms with Crippen LogP contribution in [0, 0.1) is 0 Å². The Bertz CT molecular complexity index is 255. The lowest BCUT2D eigenvalue weighted by molar-refractivity contribution is 0.0909. The Balaban J connectivity index is 0.00000144. The largest absolute Gasteiger partial charge is 0.370 e. The number of halogens is 1. The van der Waals surface area contributed by atoms with Crippen LogP contribution in [0.4, 0.5) is 0 Å². The van der Waals surface area contributed by atoms with Crippen LogP contribution in [0.25, 0.3) is 0 Å². The Morgan fingerprint density at radius 1 is 1.18 bits per heavy atom. The lowest BCUT2D eigenvalue weighted by Gasteiger charge is -2.43. The van der Waals surface area contributed by atoms with Gasteiger partial charge in [-0.1, -0.05) is 6.42 Å². The molecule has 1 aliphatic carbocycles. The number of nitrogens with zero attached hydrogens (tertiary/aromatic N) is 3. The van der Waals surface area contributed by atoms with E-state index in [9.17, 15) is 0 Å². The van der Waals surface area contributed by atoms with Crippen LogP contribution in [0.15, 0.2) is 4.99 Å². The molecular weight excluding hydrogens is 327 g/mol. The zero-order valence-corrected chi connectivity index (χ0v) is 13.3. The van der Waals surface area contributed by atoms with Gasteiger partial charge >= 0.3 is 0 Å². The quantitative estimate of drug-likeness (QED) is 0.465. The summed E-state index contributed by atoms with van der Waals surface area (Å²) in [5.41, 5.74) is 5.81. The third-order valence-electron chi connectivity index (χ3n) is 3.77. The van der Waals surface area contributed by atoms with Crippen molar-refractivity contribution in [2.45, 2.75) is 44.2 Å². The number of rotatable bonds is 2. The number of likely N-dealkylation sites (tertiary alicyclic amines) is 1. The Morgan fingerprint density at radius 3 is 2.29 bits per heavy atom. The Morgan fingerprint density at radius 2 is 1.76 bits per heavy atom. The van der Waals surface area contributed by atoms with Gasteiger partial charge in [0, 0.05) is 20.1 Å². The normalized spacial score (nSPS) is 30.4. The number of piperidine rings is 1. The van der Waals surface area contributed by atoms with Crippen LogP contribution < -0.4 is 5.73 Å². The van der Waals surface area contributed by atoms with Crippen molar-refractivity contribution in [3.05, 3.63) is 0 Å². The van der Waals surface area contributed by atoms with Gasteiger partial charge in [-0.2, -0.15) is 0 Å². The van der Waals surface area contributed by atoms with Gasteiger partial charge in [-0.05, 0) is 38.8 Å². The maximum absolute atomic E-state index is 5.81. The summed E-state index contributed by atoms with van der Waals surface area (Å²) in [7, 11) is 3.89. The highest BCUT2D eigenvalue weighted by molar-refractivity contribution is 14.0. The minimum absolute atomic E-state index is 0. The molecule has 0 radical (unpaired) electrons. The van der Waals surface area contributed by atoms with E-state index >= 15 is 0 Å². The number of guanidine groups is 1. The molecule has 2 aliphatic rings. The fourth-order valence-electron chi connectivity index (χ4n) is 2.55. The van der Waals surface area contributed by atoms with E-state index in [-0.39, 0.29) is 24.0 Å². The Hall–Kier alpha value is -0.0400. The van der Waals surface area contributed by atoms with E-state index in [1.807, 2.05) is 19.0 Å². The highest BCUT2D eigenvalue weighted by Gasteiger charge is 2.34. The fourth-order valence-corrected chi connectivity index (χ4v) is 2.55. The molecule has 0 spiro atoms. The minimum Gasteiger partial charge on any atom is -0.370 e. The summed E-state index contributed by atoms with van der Waals surface area (Å²) in [6, 6.07) is 1.25. The highest BCUT2D eigenvalue weighted by atomic mass is 127. The predicted molar refractivity (Wildman–Crippen MR) is 83.0 cm³/mol. The highest BCUT2D eigenvalue weighted by Crippen LogP contribution is 2.30. The first-order chi connectivity index (χ1) is 7.66. The standard InChI is InChI=1S/C12H24N4.HI/c1-15(2)12(13)14-10-8-11(9-10)16-6-4-3-5-7-16;/h10-11H,3-9H2,1-2H3,(H2,13,14);1H. The molecule has 1 saturated heterocycles. The van der Waals surface area contributed by atoms with Crippen molar-refractivity contribution in [3.63, 3.8) is 0 Å². The third kappa shape index (κ3) is 3.98. The molecule has 1 heterocycles. The van der Waals surface area contributed by atoms with Gasteiger partial charge < -0.3 is 15.5 Å². The van der Waals surface area contributed by atoms with Crippen LogP contribution in [-0.2, 0) is 0 Å². The van der Waals surface area contributed by atoms with Gasteiger partial charge in [0.15, 0.2) is 5.96 Å². The first-order valence-electron chi connectivity index (χ1n) is 6.41. The van der Waals surface area contributed by atoms with E-state index in [4.69, 9.17) is 5.73 Å². The van der Waals surface area contributed by atoms with Crippen LogP contribution in [0.5, 0.6) is 0 Å². The molecule has 0 atom stereocenters. The van der Waals surface area contributed by atoms with Gasteiger partial charge in [-0.25, -0.2) is 4.99 Å². The Labute approximate surface area is 122 Å². The molecular formula is C12H25IN4. The van der Waals surface area contributed by atoms with Gasteiger partial charge in [-0.3, -0.25) is 0 Å². The van der Waals surface area contributed by atoms with Crippen LogP contribution >= 0.6 is 24.0 Å². The third-order valence-corrected chi connectivity index (χ3v) is 3.77. The van der Waals surface area contributed by atoms with Crippen molar-refractivity contribution in [3.8, 4) is 0 Å². The van der Waals surface area contributed by atoms with Crippen LogP contribution in [0.2, 0.25) is 0 Å². The fraction of sp³-hybridized carbons (Fsp3) is 0.917. The summed E-state index contributed by atoms with van der Waals surface area (Å²) in [4.78, 5) is 9.04. The predicted octanol–water partition coefficient (Wildman–Crippen LogP) is 1.50. The average molecular weight is 352 g/mol. The zero-order chi connectivity index (χ0) is 11.5. The second kappa shape index (κ2) is 6.78. The molecule has 4 nitrogen and oxygen atoms in total. The van der Waals surface area contributed by atoms with Crippen molar-refractivity contribution < 1.29 is 0 Å². The molecule has 0 unspecified atom stereocenters. The maximum atomic E-state index is 5.81. The summed E-state index contributed by atoms with van der Waals surface area (Å²) in [6.45, 7) is 2.59. The molecule has 1 saturated carbocycles. The summed E-state index contributed by atoms with van der Waals surface area (Å²) in [6.07, 6.45) is 6.58. The van der Waals surface area contributed by atoms with Crippen molar-refractivity contribution in [2.75, 3.05) is 27.2 Å². The molecule has 2 fully saturated rings. The first-order valence-corrected chi connectivity index (χ1v) is 6.41. The van der Waals surface area contributed by atoms with E-state index in [0.717, 1.165) is 6.04 Å². The maximum Gasteiger partial charge on any atom is 0.191 e. The van der Waals surface area contributed by atoms with E-state index in [2.05, 4.69) is 9.89 Å². The molecule has 17 heavy (non-hydrogen) atoms. The number of aliphatic imine (C=N–C) groups is 1. The van der Waals surface area contributed by atoms with Gasteiger partial charge in [0.2, 0.25) is 0 Å². The number of nitrogens with two attached hydrogens (primary N) is 1. The SMILES string of the molecule is CN(C)C(N)=NC1CC(N2CCCCC2)C1.I. The smallest absolute Gasteiger partial charge is 0.191 e. The number of hydrogen-bond donors (Lipinski definition) is 1. The van der Waals surface area contributed by atoms with Crippen LogP contribution in [0.1, 0.15) is 32.1 Å². The minimum atomic E-state index is 0. The number of hydrogen-bond acceptors (Lipinski definition) is 2. The van der Waals surface area contributed by atoms with Crippen molar-refractivity contribution in [1.82, 2.24) is 9.80 Å². The molecule has 0 aromatic rings. The summed E-state index contributed by atoms with van der Waals surface area (Å²) >= 11 is 0. The lowest BCUT2D eigenvalue weighted by Crippen LogP contribution is -2.49. The topological polar surface area (TPSA) is 44.9 Å². The molecule has 2 N–H and O–H groups in total. The average Bonchev–Trinajstić information content (AvgIpc) is 2.23. The van der Waals surface area contributed by atoms with E-state index in [1.165, 1.54) is 45.2 Å². The molecule has 100 valence electrons. The second-order valence-corrected chi connectivity index (χ2v) is 5.26. The van der Waals surface area contributed by atoms with Crippen molar-refractivity contribution in [1.29, 1.82) is 0 Å². The van der Waals surface area contributed by atoms with Gasteiger partial charge in [0.1, 0.15) is 0 Å². The van der Waals surface area contributed by atoms with Gasteiger partial charge in [0.05, 0.1) is 6.04 Å². The Kier molecular flexibility index (Phi) is 5.99. The van der Waals surface area contributed by atoms with Crippen LogP contribution in [0.3, 0.4) is 0 Å². The molecule has 0 aromatic heterocycles. The first kappa shape index (κ1) is 15.0. The van der Waals surface area contributed by atoms with E-state index in [1.54, 1.807) is 0 Å². The molecule has 2 rings (SSSR count). The summed E-state index contributed by atoms with van der Waals surface area (Å²) in [5.74, 6) is 0.669. The molecule has 1 aliphatic heterocycles. The summed E-state index contributed by atoms with van der Waals surface area (Å²) < 4.78 is 0. The van der Waals surface area contributed by atoms with Crippen molar-refractivity contribution in [2.24, 2.45) is 10.7 Å². The second-order valence-electron chi connectivity index (χ2n) is 5.26. The summed E-state index contributed by atoms with van der Waals surface area (Å²) in [5, 5.41) is 0. The molecule has 0 bridgehead atoms. The van der Waals surface area contributed by atoms with Crippen LogP contribution in [-0.4, -0.2) is 55.0 Å². The van der Waals surface area contributed by atoms with Gasteiger partial charge in [-0.15, -0.1) is 24.0 Å². The molecule has 0 aromatic carbocycles. The van der Waals surface area contributed by atoms with Gasteiger partial charge in [0.25, 0.3) is 0 Å². The van der Waals surface area contributed by atoms with E-state index < -0.39 is 0 Å².